The summed E-state index contributed by atoms with van der Waals surface area (Å²) in [5.74, 6) is -0.489. The van der Waals surface area contributed by atoms with Crippen LogP contribution >= 0.6 is 0 Å². The molecule has 0 aliphatic rings. The summed E-state index contributed by atoms with van der Waals surface area (Å²) >= 11 is 0. The summed E-state index contributed by atoms with van der Waals surface area (Å²) in [6.07, 6.45) is 1.07. The average Bonchev–Trinajstić information content (AvgIpc) is 2.44. The predicted molar refractivity (Wildman–Crippen MR) is 71.6 cm³/mol. The van der Waals surface area contributed by atoms with E-state index in [9.17, 15) is 9.59 Å². The lowest BCUT2D eigenvalue weighted by atomic mass is 10.1. The van der Waals surface area contributed by atoms with Crippen LogP contribution in [0.2, 0.25) is 0 Å². The molecule has 1 rings (SSSR count). The molecule has 0 spiro atoms. The molecule has 0 bridgehead atoms. The number of aryl methyl sites for hydroxylation is 1. The Morgan fingerprint density at radius 2 is 1.79 bits per heavy atom. The third kappa shape index (κ3) is 4.83. The van der Waals surface area contributed by atoms with Crippen molar-refractivity contribution in [2.75, 3.05) is 20.8 Å². The summed E-state index contributed by atoms with van der Waals surface area (Å²) in [7, 11) is 2.56. The first-order valence-corrected chi connectivity index (χ1v) is 5.74. The summed E-state index contributed by atoms with van der Waals surface area (Å²) in [5, 5.41) is 2.45. The molecular formula is C14H17NO4. The topological polar surface area (TPSA) is 64.6 Å². The zero-order valence-electron chi connectivity index (χ0n) is 11.2. The summed E-state index contributed by atoms with van der Waals surface area (Å²) in [6, 6.07) is 7.65. The first-order valence-electron chi connectivity index (χ1n) is 5.74. The lowest BCUT2D eigenvalue weighted by Gasteiger charge is -2.07. The highest BCUT2D eigenvalue weighted by molar-refractivity contribution is 5.94. The van der Waals surface area contributed by atoms with Gasteiger partial charge in [0.15, 0.2) is 0 Å². The van der Waals surface area contributed by atoms with E-state index in [0.717, 1.165) is 11.1 Å². The van der Waals surface area contributed by atoms with E-state index in [1.54, 1.807) is 6.08 Å². The first-order chi connectivity index (χ1) is 9.06. The molecule has 0 unspecified atom stereocenters. The third-order valence-corrected chi connectivity index (χ3v) is 2.47. The molecular weight excluding hydrogens is 246 g/mol. The lowest BCUT2D eigenvalue weighted by molar-refractivity contribution is -0.136. The standard InChI is InChI=1S/C14H17NO4/c1-10-4-6-11(7-5-10)8-12(13(16)18-2)9-15-14(17)19-3/h4-8H,9H2,1-3H3,(H,15,17)/b12-8+. The molecule has 1 amide bonds. The molecule has 0 fully saturated rings. The first kappa shape index (κ1) is 14.8. The van der Waals surface area contributed by atoms with Crippen molar-refractivity contribution in [3.8, 4) is 0 Å². The van der Waals surface area contributed by atoms with Crippen molar-refractivity contribution in [2.45, 2.75) is 6.92 Å². The van der Waals surface area contributed by atoms with Crippen LogP contribution in [0.4, 0.5) is 4.79 Å². The number of carbonyl (C=O) groups is 2. The fourth-order valence-electron chi connectivity index (χ4n) is 1.42. The van der Waals surface area contributed by atoms with Crippen LogP contribution < -0.4 is 5.32 Å². The van der Waals surface area contributed by atoms with Gasteiger partial charge in [0.1, 0.15) is 0 Å². The lowest BCUT2D eigenvalue weighted by Crippen LogP contribution is -2.27. The normalized spacial score (nSPS) is 10.8. The highest BCUT2D eigenvalue weighted by Gasteiger charge is 2.11. The Kier molecular flexibility index (Phi) is 5.60. The Morgan fingerprint density at radius 1 is 1.16 bits per heavy atom. The second-order valence-corrected chi connectivity index (χ2v) is 3.92. The van der Waals surface area contributed by atoms with Crippen molar-refractivity contribution in [1.29, 1.82) is 0 Å². The van der Waals surface area contributed by atoms with Gasteiger partial charge in [-0.25, -0.2) is 9.59 Å². The van der Waals surface area contributed by atoms with Crippen molar-refractivity contribution in [2.24, 2.45) is 0 Å². The largest absolute Gasteiger partial charge is 0.466 e. The molecule has 5 heteroatoms. The Labute approximate surface area is 112 Å². The van der Waals surface area contributed by atoms with E-state index in [2.05, 4.69) is 14.8 Å². The molecule has 0 atom stereocenters. The van der Waals surface area contributed by atoms with Gasteiger partial charge in [0.25, 0.3) is 0 Å². The van der Waals surface area contributed by atoms with Gasteiger partial charge in [0.05, 0.1) is 26.3 Å². The van der Waals surface area contributed by atoms with Crippen LogP contribution in [0.1, 0.15) is 11.1 Å². The van der Waals surface area contributed by atoms with Crippen LogP contribution in [0.15, 0.2) is 29.8 Å². The number of nitrogens with one attached hydrogen (secondary N) is 1. The molecule has 102 valence electrons. The molecule has 0 saturated carbocycles. The fourth-order valence-corrected chi connectivity index (χ4v) is 1.42. The second kappa shape index (κ2) is 7.20. The van der Waals surface area contributed by atoms with Gasteiger partial charge in [-0.05, 0) is 18.6 Å². The summed E-state index contributed by atoms with van der Waals surface area (Å²) in [5.41, 5.74) is 2.33. The van der Waals surface area contributed by atoms with Crippen LogP contribution in [0.25, 0.3) is 6.08 Å². The number of benzene rings is 1. The predicted octanol–water partition coefficient (Wildman–Crippen LogP) is 1.91. The number of rotatable bonds is 4. The van der Waals surface area contributed by atoms with Crippen molar-refractivity contribution >= 4 is 18.1 Å². The maximum Gasteiger partial charge on any atom is 0.407 e. The second-order valence-electron chi connectivity index (χ2n) is 3.92. The van der Waals surface area contributed by atoms with E-state index in [1.165, 1.54) is 14.2 Å². The number of esters is 1. The van der Waals surface area contributed by atoms with Gasteiger partial charge in [-0.2, -0.15) is 0 Å². The molecule has 0 heterocycles. The maximum atomic E-state index is 11.6. The molecule has 0 radical (unpaired) electrons. The Balaban J connectivity index is 2.86. The molecule has 1 N–H and O–H groups in total. The number of ether oxygens (including phenoxy) is 2. The summed E-state index contributed by atoms with van der Waals surface area (Å²) in [4.78, 5) is 22.6. The van der Waals surface area contributed by atoms with Crippen LogP contribution in [0.5, 0.6) is 0 Å². The number of methoxy groups -OCH3 is 2. The number of hydrogen-bond donors (Lipinski definition) is 1. The molecule has 1 aromatic rings. The minimum Gasteiger partial charge on any atom is -0.466 e. The summed E-state index contributed by atoms with van der Waals surface area (Å²) < 4.78 is 9.13. The third-order valence-electron chi connectivity index (χ3n) is 2.47. The molecule has 0 saturated heterocycles. The molecule has 19 heavy (non-hydrogen) atoms. The van der Waals surface area contributed by atoms with Gasteiger partial charge in [0.2, 0.25) is 0 Å². The zero-order chi connectivity index (χ0) is 14.3. The number of hydrogen-bond acceptors (Lipinski definition) is 4. The molecule has 0 aromatic heterocycles. The van der Waals surface area contributed by atoms with Crippen LogP contribution in [0.3, 0.4) is 0 Å². The van der Waals surface area contributed by atoms with Crippen LogP contribution in [-0.4, -0.2) is 32.8 Å². The summed E-state index contributed by atoms with van der Waals surface area (Å²) in [6.45, 7) is 2.03. The van der Waals surface area contributed by atoms with Gasteiger partial charge in [0, 0.05) is 0 Å². The van der Waals surface area contributed by atoms with Crippen molar-refractivity contribution in [1.82, 2.24) is 5.32 Å². The average molecular weight is 263 g/mol. The monoisotopic (exact) mass is 263 g/mol. The van der Waals surface area contributed by atoms with Gasteiger partial charge in [-0.1, -0.05) is 29.8 Å². The van der Waals surface area contributed by atoms with Crippen LogP contribution in [-0.2, 0) is 14.3 Å². The van der Waals surface area contributed by atoms with E-state index in [1.807, 2.05) is 31.2 Å². The van der Waals surface area contributed by atoms with Crippen molar-refractivity contribution in [3.63, 3.8) is 0 Å². The van der Waals surface area contributed by atoms with Crippen molar-refractivity contribution < 1.29 is 19.1 Å². The van der Waals surface area contributed by atoms with E-state index in [-0.39, 0.29) is 6.54 Å². The van der Waals surface area contributed by atoms with E-state index in [4.69, 9.17) is 0 Å². The van der Waals surface area contributed by atoms with Gasteiger partial charge in [-0.3, -0.25) is 0 Å². The Hall–Kier alpha value is -2.30. The SMILES string of the molecule is COC(=O)NC/C(=C\c1ccc(C)cc1)C(=O)OC. The van der Waals surface area contributed by atoms with Gasteiger partial charge in [-0.15, -0.1) is 0 Å². The smallest absolute Gasteiger partial charge is 0.407 e. The van der Waals surface area contributed by atoms with E-state index >= 15 is 0 Å². The highest BCUT2D eigenvalue weighted by Crippen LogP contribution is 2.09. The molecule has 1 aromatic carbocycles. The Bertz CT molecular complexity index is 477. The van der Waals surface area contributed by atoms with Gasteiger partial charge < -0.3 is 14.8 Å². The quantitative estimate of drug-likeness (QED) is 0.665. The van der Waals surface area contributed by atoms with E-state index < -0.39 is 12.1 Å². The molecule has 0 aliphatic carbocycles. The fraction of sp³-hybridized carbons (Fsp3) is 0.286. The van der Waals surface area contributed by atoms with Gasteiger partial charge >= 0.3 is 12.1 Å². The van der Waals surface area contributed by atoms with Crippen molar-refractivity contribution in [3.05, 3.63) is 41.0 Å². The number of alkyl carbamates (subject to hydrolysis) is 1. The molecule has 5 nitrogen and oxygen atoms in total. The zero-order valence-corrected chi connectivity index (χ0v) is 11.2. The maximum absolute atomic E-state index is 11.6. The number of carbonyl (C=O) groups excluding carboxylic acids is 2. The van der Waals surface area contributed by atoms with Crippen LogP contribution in [0, 0.1) is 6.92 Å². The minimum absolute atomic E-state index is 0.0488. The minimum atomic E-state index is -0.598. The Morgan fingerprint density at radius 3 is 2.32 bits per heavy atom. The molecule has 0 aliphatic heterocycles. The van der Waals surface area contributed by atoms with E-state index in [0.29, 0.717) is 5.57 Å². The number of amides is 1. The highest BCUT2D eigenvalue weighted by atomic mass is 16.5.